The molecule has 8 heteroatoms. The summed E-state index contributed by atoms with van der Waals surface area (Å²) in [6.45, 7) is 2.07. The van der Waals surface area contributed by atoms with Gasteiger partial charge in [0.15, 0.2) is 0 Å². The Morgan fingerprint density at radius 2 is 2.00 bits per heavy atom. The Balaban J connectivity index is 2.78. The van der Waals surface area contributed by atoms with E-state index in [2.05, 4.69) is 5.32 Å². The summed E-state index contributed by atoms with van der Waals surface area (Å²) in [4.78, 5) is 11.8. The molecule has 20 heavy (non-hydrogen) atoms. The van der Waals surface area contributed by atoms with E-state index in [1.165, 1.54) is 12.1 Å². The molecule has 1 unspecified atom stereocenters. The van der Waals surface area contributed by atoms with Gasteiger partial charge in [0, 0.05) is 45.6 Å². The maximum atomic E-state index is 11.9. The van der Waals surface area contributed by atoms with Gasteiger partial charge in [-0.1, -0.05) is 0 Å². The van der Waals surface area contributed by atoms with E-state index in [1.54, 1.807) is 19.2 Å². The van der Waals surface area contributed by atoms with Crippen molar-refractivity contribution in [3.05, 3.63) is 29.3 Å². The van der Waals surface area contributed by atoms with Crippen molar-refractivity contribution in [3.63, 3.8) is 0 Å². The molecule has 0 heterocycles. The quantitative estimate of drug-likeness (QED) is 0.629. The van der Waals surface area contributed by atoms with Crippen LogP contribution in [0.4, 0.5) is 0 Å². The molecule has 5 nitrogen and oxygen atoms in total. The molecular formula is C12H16ClNO4S2. The van der Waals surface area contributed by atoms with E-state index in [0.717, 1.165) is 0 Å². The molecular weight excluding hydrogens is 322 g/mol. The SMILES string of the molecule is Cc1cc(C(=O)NCCCS(C)=O)cc(S(=O)(=O)Cl)c1. The molecule has 0 bridgehead atoms. The Morgan fingerprint density at radius 3 is 2.55 bits per heavy atom. The monoisotopic (exact) mass is 337 g/mol. The van der Waals surface area contributed by atoms with Crippen LogP contribution in [0.15, 0.2) is 23.1 Å². The largest absolute Gasteiger partial charge is 0.352 e. The average molecular weight is 338 g/mol. The number of carbonyl (C=O) groups is 1. The minimum atomic E-state index is -3.87. The zero-order valence-corrected chi connectivity index (χ0v) is 13.6. The number of aryl methyl sites for hydroxylation is 1. The Morgan fingerprint density at radius 1 is 1.35 bits per heavy atom. The molecule has 0 aliphatic carbocycles. The minimum Gasteiger partial charge on any atom is -0.352 e. The van der Waals surface area contributed by atoms with Crippen molar-refractivity contribution in [1.82, 2.24) is 5.32 Å². The predicted octanol–water partition coefficient (Wildman–Crippen LogP) is 1.42. The topological polar surface area (TPSA) is 80.3 Å². The van der Waals surface area contributed by atoms with E-state index in [1.807, 2.05) is 0 Å². The van der Waals surface area contributed by atoms with Gasteiger partial charge in [0.1, 0.15) is 0 Å². The van der Waals surface area contributed by atoms with E-state index in [9.17, 15) is 17.4 Å². The van der Waals surface area contributed by atoms with Crippen molar-refractivity contribution >= 4 is 36.4 Å². The summed E-state index contributed by atoms with van der Waals surface area (Å²) in [5.41, 5.74) is 0.869. The summed E-state index contributed by atoms with van der Waals surface area (Å²) in [6.07, 6.45) is 2.20. The third kappa shape index (κ3) is 5.60. The van der Waals surface area contributed by atoms with Crippen LogP contribution in [0.3, 0.4) is 0 Å². The highest BCUT2D eigenvalue weighted by molar-refractivity contribution is 8.13. The Kier molecular flexibility index (Phi) is 6.16. The molecule has 0 fully saturated rings. The third-order valence-corrected chi connectivity index (χ3v) is 4.69. The molecule has 1 aromatic carbocycles. The zero-order chi connectivity index (χ0) is 15.3. The summed E-state index contributed by atoms with van der Waals surface area (Å²) in [7, 11) is 0.518. The summed E-state index contributed by atoms with van der Waals surface area (Å²) >= 11 is 0. The van der Waals surface area contributed by atoms with E-state index in [0.29, 0.717) is 24.3 Å². The first-order chi connectivity index (χ1) is 9.20. The van der Waals surface area contributed by atoms with Gasteiger partial charge in [-0.05, 0) is 37.1 Å². The van der Waals surface area contributed by atoms with Crippen LogP contribution in [-0.4, -0.2) is 37.1 Å². The van der Waals surface area contributed by atoms with Crippen LogP contribution in [0, 0.1) is 6.92 Å². The van der Waals surface area contributed by atoms with Crippen LogP contribution in [0.2, 0.25) is 0 Å². The fraction of sp³-hybridized carbons (Fsp3) is 0.417. The van der Waals surface area contributed by atoms with Gasteiger partial charge in [-0.3, -0.25) is 9.00 Å². The second kappa shape index (κ2) is 7.19. The van der Waals surface area contributed by atoms with Crippen LogP contribution in [-0.2, 0) is 19.9 Å². The highest BCUT2D eigenvalue weighted by Crippen LogP contribution is 2.18. The van der Waals surface area contributed by atoms with Gasteiger partial charge >= 0.3 is 0 Å². The zero-order valence-electron chi connectivity index (χ0n) is 11.2. The standard InChI is InChI=1S/C12H16ClNO4S2/c1-9-6-10(8-11(7-9)20(13,17)18)12(15)14-4-3-5-19(2)16/h6-8H,3-5H2,1-2H3,(H,14,15). The number of carbonyl (C=O) groups excluding carboxylic acids is 1. The average Bonchev–Trinajstić information content (AvgIpc) is 2.32. The first-order valence-electron chi connectivity index (χ1n) is 5.85. The molecule has 1 atom stereocenters. The molecule has 1 N–H and O–H groups in total. The van der Waals surface area contributed by atoms with Gasteiger partial charge < -0.3 is 5.32 Å². The molecule has 0 saturated heterocycles. The van der Waals surface area contributed by atoms with Crippen LogP contribution in [0.25, 0.3) is 0 Å². The minimum absolute atomic E-state index is 0.0982. The first-order valence-corrected chi connectivity index (χ1v) is 9.88. The van der Waals surface area contributed by atoms with Gasteiger partial charge in [-0.15, -0.1) is 0 Å². The highest BCUT2D eigenvalue weighted by Gasteiger charge is 2.14. The lowest BCUT2D eigenvalue weighted by Crippen LogP contribution is -2.25. The van der Waals surface area contributed by atoms with Crippen molar-refractivity contribution in [2.45, 2.75) is 18.2 Å². The van der Waals surface area contributed by atoms with Crippen molar-refractivity contribution < 1.29 is 17.4 Å². The second-order valence-corrected chi connectivity index (χ2v) is 8.48. The third-order valence-electron chi connectivity index (χ3n) is 2.49. The van der Waals surface area contributed by atoms with Crippen molar-refractivity contribution in [3.8, 4) is 0 Å². The number of hydrogen-bond donors (Lipinski definition) is 1. The number of rotatable bonds is 6. The van der Waals surface area contributed by atoms with E-state index >= 15 is 0 Å². The number of halogens is 1. The van der Waals surface area contributed by atoms with E-state index in [4.69, 9.17) is 10.7 Å². The van der Waals surface area contributed by atoms with Crippen LogP contribution in [0.1, 0.15) is 22.3 Å². The lowest BCUT2D eigenvalue weighted by molar-refractivity contribution is 0.0953. The molecule has 1 amide bonds. The summed E-state index contributed by atoms with van der Waals surface area (Å²) in [5, 5.41) is 2.65. The van der Waals surface area contributed by atoms with Crippen LogP contribution >= 0.6 is 10.7 Å². The van der Waals surface area contributed by atoms with Crippen LogP contribution in [0.5, 0.6) is 0 Å². The molecule has 0 aromatic heterocycles. The molecule has 0 spiro atoms. The van der Waals surface area contributed by atoms with E-state index in [-0.39, 0.29) is 16.4 Å². The lowest BCUT2D eigenvalue weighted by Gasteiger charge is -2.07. The maximum Gasteiger partial charge on any atom is 0.261 e. The number of amides is 1. The molecule has 1 aromatic rings. The lowest BCUT2D eigenvalue weighted by atomic mass is 10.1. The molecule has 0 radical (unpaired) electrons. The maximum absolute atomic E-state index is 11.9. The summed E-state index contributed by atoms with van der Waals surface area (Å²) in [5.74, 6) is 0.132. The number of nitrogens with one attached hydrogen (secondary N) is 1. The molecule has 1 rings (SSSR count). The number of hydrogen-bond acceptors (Lipinski definition) is 4. The summed E-state index contributed by atoms with van der Waals surface area (Å²) < 4.78 is 33.5. The highest BCUT2D eigenvalue weighted by atomic mass is 35.7. The van der Waals surface area contributed by atoms with Gasteiger partial charge in [-0.25, -0.2) is 8.42 Å². The molecule has 0 saturated carbocycles. The van der Waals surface area contributed by atoms with Crippen molar-refractivity contribution in [2.24, 2.45) is 0 Å². The van der Waals surface area contributed by atoms with Crippen LogP contribution < -0.4 is 5.32 Å². The fourth-order valence-electron chi connectivity index (χ4n) is 1.60. The normalized spacial score (nSPS) is 12.9. The van der Waals surface area contributed by atoms with E-state index < -0.39 is 19.9 Å². The Bertz CT molecular complexity index is 628. The van der Waals surface area contributed by atoms with Gasteiger partial charge in [0.2, 0.25) is 0 Å². The molecule has 0 aliphatic rings. The van der Waals surface area contributed by atoms with Gasteiger partial charge in [0.25, 0.3) is 15.0 Å². The predicted molar refractivity (Wildman–Crippen MR) is 80.1 cm³/mol. The molecule has 112 valence electrons. The second-order valence-electron chi connectivity index (χ2n) is 4.36. The van der Waals surface area contributed by atoms with Gasteiger partial charge in [-0.2, -0.15) is 0 Å². The van der Waals surface area contributed by atoms with Crippen molar-refractivity contribution in [1.29, 1.82) is 0 Å². The molecule has 0 aliphatic heterocycles. The van der Waals surface area contributed by atoms with Crippen molar-refractivity contribution in [2.75, 3.05) is 18.6 Å². The smallest absolute Gasteiger partial charge is 0.261 e. The van der Waals surface area contributed by atoms with Gasteiger partial charge in [0.05, 0.1) is 4.90 Å². The first kappa shape index (κ1) is 17.1. The summed E-state index contributed by atoms with van der Waals surface area (Å²) in [6, 6.07) is 4.22. The Labute approximate surface area is 125 Å². The Hall–Kier alpha value is -0.920. The number of benzene rings is 1. The fourth-order valence-corrected chi connectivity index (χ4v) is 3.01.